The molecule has 1 aliphatic rings. The van der Waals surface area contributed by atoms with Gasteiger partial charge < -0.3 is 20.6 Å². The number of aliphatic carboxylic acids is 1. The van der Waals surface area contributed by atoms with Gasteiger partial charge in [0.15, 0.2) is 0 Å². The van der Waals surface area contributed by atoms with Gasteiger partial charge in [0.25, 0.3) is 5.91 Å². The fourth-order valence-corrected chi connectivity index (χ4v) is 3.16. The van der Waals surface area contributed by atoms with Gasteiger partial charge in [-0.3, -0.25) is 9.59 Å². The number of rotatable bonds is 5. The zero-order chi connectivity index (χ0) is 20.8. The molecular formula is C21H22FN3O4. The highest BCUT2D eigenvalue weighted by molar-refractivity contribution is 6.04. The van der Waals surface area contributed by atoms with Crippen molar-refractivity contribution < 1.29 is 23.9 Å². The summed E-state index contributed by atoms with van der Waals surface area (Å²) < 4.78 is 12.9. The first-order chi connectivity index (χ1) is 13.9. The average molecular weight is 399 g/mol. The predicted molar refractivity (Wildman–Crippen MR) is 105 cm³/mol. The predicted octanol–water partition coefficient (Wildman–Crippen LogP) is 3.08. The van der Waals surface area contributed by atoms with Crippen molar-refractivity contribution in [2.75, 3.05) is 18.4 Å². The van der Waals surface area contributed by atoms with Crippen LogP contribution < -0.4 is 10.6 Å². The number of hydrogen-bond donors (Lipinski definition) is 3. The minimum atomic E-state index is -0.874. The van der Waals surface area contributed by atoms with E-state index < -0.39 is 17.7 Å². The van der Waals surface area contributed by atoms with E-state index in [2.05, 4.69) is 10.6 Å². The Balaban J connectivity index is 1.50. The van der Waals surface area contributed by atoms with Crippen LogP contribution in [0.5, 0.6) is 0 Å². The lowest BCUT2D eigenvalue weighted by Crippen LogP contribution is -2.46. The molecule has 0 spiro atoms. The molecule has 1 saturated heterocycles. The number of carboxylic acid groups (broad SMARTS) is 1. The number of nitrogens with one attached hydrogen (secondary N) is 2. The van der Waals surface area contributed by atoms with E-state index in [0.717, 1.165) is 5.56 Å². The molecule has 1 heterocycles. The van der Waals surface area contributed by atoms with Gasteiger partial charge in [-0.2, -0.15) is 0 Å². The second kappa shape index (κ2) is 9.18. The first kappa shape index (κ1) is 20.3. The maximum atomic E-state index is 12.9. The summed E-state index contributed by atoms with van der Waals surface area (Å²) >= 11 is 0. The quantitative estimate of drug-likeness (QED) is 0.720. The molecule has 2 aromatic rings. The van der Waals surface area contributed by atoms with Crippen LogP contribution in [0.15, 0.2) is 48.5 Å². The minimum absolute atomic E-state index is 0.218. The lowest BCUT2D eigenvalue weighted by molar-refractivity contribution is -0.143. The molecule has 29 heavy (non-hydrogen) atoms. The zero-order valence-corrected chi connectivity index (χ0v) is 15.7. The van der Waals surface area contributed by atoms with E-state index in [1.165, 1.54) is 29.2 Å². The van der Waals surface area contributed by atoms with Crippen molar-refractivity contribution >= 4 is 23.6 Å². The van der Waals surface area contributed by atoms with E-state index in [4.69, 9.17) is 5.11 Å². The van der Waals surface area contributed by atoms with Crippen LogP contribution in [0.1, 0.15) is 28.8 Å². The molecular weight excluding hydrogens is 377 g/mol. The number of likely N-dealkylation sites (tertiary alicyclic amines) is 1. The molecule has 3 rings (SSSR count). The van der Waals surface area contributed by atoms with Crippen LogP contribution in [0.2, 0.25) is 0 Å². The summed E-state index contributed by atoms with van der Waals surface area (Å²) in [6, 6.07) is 11.9. The van der Waals surface area contributed by atoms with Crippen LogP contribution >= 0.6 is 0 Å². The number of piperidine rings is 1. The number of amides is 3. The molecule has 1 unspecified atom stereocenters. The van der Waals surface area contributed by atoms with Crippen LogP contribution in [0.25, 0.3) is 0 Å². The van der Waals surface area contributed by atoms with Gasteiger partial charge in [-0.25, -0.2) is 9.18 Å². The molecule has 1 atom stereocenters. The molecule has 0 aliphatic carbocycles. The van der Waals surface area contributed by atoms with Crippen molar-refractivity contribution in [3.63, 3.8) is 0 Å². The Hall–Kier alpha value is -3.42. The maximum Gasteiger partial charge on any atom is 0.317 e. The molecule has 7 nitrogen and oxygen atoms in total. The van der Waals surface area contributed by atoms with Crippen LogP contribution in [0.3, 0.4) is 0 Å². The van der Waals surface area contributed by atoms with Crippen LogP contribution in [-0.4, -0.2) is 41.0 Å². The Morgan fingerprint density at radius 2 is 1.76 bits per heavy atom. The molecule has 0 radical (unpaired) electrons. The van der Waals surface area contributed by atoms with Crippen molar-refractivity contribution in [3.8, 4) is 0 Å². The largest absolute Gasteiger partial charge is 0.481 e. The molecule has 8 heteroatoms. The summed E-state index contributed by atoms with van der Waals surface area (Å²) in [4.78, 5) is 37.0. The van der Waals surface area contributed by atoms with Gasteiger partial charge in [-0.15, -0.1) is 0 Å². The van der Waals surface area contributed by atoms with Crippen molar-refractivity contribution in [1.82, 2.24) is 10.2 Å². The lowest BCUT2D eigenvalue weighted by atomic mass is 9.99. The van der Waals surface area contributed by atoms with E-state index in [1.54, 1.807) is 24.3 Å². The Morgan fingerprint density at radius 1 is 1.07 bits per heavy atom. The zero-order valence-electron chi connectivity index (χ0n) is 15.7. The van der Waals surface area contributed by atoms with E-state index in [1.807, 2.05) is 0 Å². The number of carbonyl (C=O) groups excluding carboxylic acids is 2. The van der Waals surface area contributed by atoms with E-state index in [9.17, 15) is 18.8 Å². The molecule has 1 aliphatic heterocycles. The SMILES string of the molecule is O=C(Nc1ccc(CNC(=O)N2CCCC(C(=O)O)C2)cc1)c1ccc(F)cc1. The highest BCUT2D eigenvalue weighted by atomic mass is 19.1. The summed E-state index contributed by atoms with van der Waals surface area (Å²) in [6.07, 6.45) is 1.26. The number of urea groups is 1. The summed E-state index contributed by atoms with van der Waals surface area (Å²) in [7, 11) is 0. The first-order valence-electron chi connectivity index (χ1n) is 9.34. The number of carbonyl (C=O) groups is 3. The fraction of sp³-hybridized carbons (Fsp3) is 0.286. The normalized spacial score (nSPS) is 16.2. The van der Waals surface area contributed by atoms with Gasteiger partial charge in [0.1, 0.15) is 5.82 Å². The van der Waals surface area contributed by atoms with Gasteiger partial charge in [0, 0.05) is 30.9 Å². The Labute approximate surface area is 167 Å². The number of anilines is 1. The van der Waals surface area contributed by atoms with Gasteiger partial charge >= 0.3 is 12.0 Å². The van der Waals surface area contributed by atoms with Gasteiger partial charge in [-0.1, -0.05) is 12.1 Å². The molecule has 152 valence electrons. The van der Waals surface area contributed by atoms with Crippen LogP contribution in [0.4, 0.5) is 14.9 Å². The summed E-state index contributed by atoms with van der Waals surface area (Å²) in [6.45, 7) is 1.05. The highest BCUT2D eigenvalue weighted by Gasteiger charge is 2.27. The molecule has 1 fully saturated rings. The Bertz CT molecular complexity index is 884. The van der Waals surface area contributed by atoms with Gasteiger partial charge in [0.05, 0.1) is 5.92 Å². The molecule has 2 aromatic carbocycles. The Kier molecular flexibility index (Phi) is 6.43. The molecule has 0 bridgehead atoms. The summed E-state index contributed by atoms with van der Waals surface area (Å²) in [5.74, 6) is -2.14. The van der Waals surface area contributed by atoms with Crippen molar-refractivity contribution in [2.24, 2.45) is 5.92 Å². The average Bonchev–Trinajstić information content (AvgIpc) is 2.73. The first-order valence-corrected chi connectivity index (χ1v) is 9.34. The van der Waals surface area contributed by atoms with Crippen LogP contribution in [-0.2, 0) is 11.3 Å². The molecule has 3 amide bonds. The smallest absolute Gasteiger partial charge is 0.317 e. The number of carboxylic acids is 1. The van der Waals surface area contributed by atoms with E-state index in [0.29, 0.717) is 37.2 Å². The monoisotopic (exact) mass is 399 g/mol. The lowest BCUT2D eigenvalue weighted by Gasteiger charge is -2.30. The number of benzene rings is 2. The second-order valence-electron chi connectivity index (χ2n) is 6.94. The number of halogens is 1. The molecule has 0 saturated carbocycles. The van der Waals surface area contributed by atoms with Gasteiger partial charge in [-0.05, 0) is 54.8 Å². The third-order valence-corrected chi connectivity index (χ3v) is 4.82. The fourth-order valence-electron chi connectivity index (χ4n) is 3.16. The minimum Gasteiger partial charge on any atom is -0.481 e. The topological polar surface area (TPSA) is 98.7 Å². The third-order valence-electron chi connectivity index (χ3n) is 4.82. The standard InChI is InChI=1S/C21H22FN3O4/c22-17-7-5-15(6-8-17)19(26)24-18-9-3-14(4-10-18)12-23-21(29)25-11-1-2-16(13-25)20(27)28/h3-10,16H,1-2,11-13H2,(H,23,29)(H,24,26)(H,27,28). The van der Waals surface area contributed by atoms with E-state index >= 15 is 0 Å². The van der Waals surface area contributed by atoms with Crippen molar-refractivity contribution in [1.29, 1.82) is 0 Å². The van der Waals surface area contributed by atoms with Crippen molar-refractivity contribution in [3.05, 3.63) is 65.5 Å². The third kappa shape index (κ3) is 5.54. The number of hydrogen-bond acceptors (Lipinski definition) is 3. The molecule has 0 aromatic heterocycles. The second-order valence-corrected chi connectivity index (χ2v) is 6.94. The van der Waals surface area contributed by atoms with Crippen molar-refractivity contribution in [2.45, 2.75) is 19.4 Å². The van der Waals surface area contributed by atoms with E-state index in [-0.39, 0.29) is 18.5 Å². The Morgan fingerprint density at radius 3 is 2.41 bits per heavy atom. The highest BCUT2D eigenvalue weighted by Crippen LogP contribution is 2.17. The molecule has 3 N–H and O–H groups in total. The summed E-state index contributed by atoms with van der Waals surface area (Å²) in [5, 5.41) is 14.6. The van der Waals surface area contributed by atoms with Crippen LogP contribution in [0, 0.1) is 11.7 Å². The number of nitrogens with zero attached hydrogens (tertiary/aromatic N) is 1. The van der Waals surface area contributed by atoms with Gasteiger partial charge in [0.2, 0.25) is 0 Å². The maximum absolute atomic E-state index is 12.9. The summed E-state index contributed by atoms with van der Waals surface area (Å²) in [5.41, 5.74) is 1.77.